The molecule has 0 aliphatic rings. The zero-order valence-corrected chi connectivity index (χ0v) is 17.4. The quantitative estimate of drug-likeness (QED) is 0.474. The minimum Gasteiger partial charge on any atom is -0.507 e. The second kappa shape index (κ2) is 12.5. The van der Waals surface area contributed by atoms with Gasteiger partial charge in [-0.15, -0.1) is 0 Å². The van der Waals surface area contributed by atoms with Crippen LogP contribution in [0.2, 0.25) is 0 Å². The molecule has 29 heavy (non-hydrogen) atoms. The molecule has 158 valence electrons. The third-order valence-electron chi connectivity index (χ3n) is 3.52. The van der Waals surface area contributed by atoms with Crippen LogP contribution in [-0.4, -0.2) is 41.7 Å². The van der Waals surface area contributed by atoms with Crippen molar-refractivity contribution in [1.82, 2.24) is 0 Å². The van der Waals surface area contributed by atoms with Gasteiger partial charge in [0.2, 0.25) is 0 Å². The van der Waals surface area contributed by atoms with Crippen LogP contribution in [0.4, 0.5) is 0 Å². The van der Waals surface area contributed by atoms with Crippen LogP contribution < -0.4 is 9.47 Å². The summed E-state index contributed by atoms with van der Waals surface area (Å²) in [5.41, 5.74) is 0.107. The van der Waals surface area contributed by atoms with Crippen molar-refractivity contribution in [1.29, 1.82) is 0 Å². The van der Waals surface area contributed by atoms with E-state index in [9.17, 15) is 9.59 Å². The molecule has 0 spiro atoms. The van der Waals surface area contributed by atoms with Crippen molar-refractivity contribution in [3.8, 4) is 23.0 Å². The van der Waals surface area contributed by atoms with Crippen molar-refractivity contribution in [2.75, 3.05) is 20.3 Å². The van der Waals surface area contributed by atoms with Gasteiger partial charge in [-0.3, -0.25) is 4.79 Å². The average molecular weight is 425 g/mol. The van der Waals surface area contributed by atoms with Crippen LogP contribution in [0.5, 0.6) is 23.0 Å². The van der Waals surface area contributed by atoms with E-state index in [0.717, 1.165) is 12.8 Å². The number of carbonyl (C=O) groups is 2. The highest BCUT2D eigenvalue weighted by Gasteiger charge is 2.17. The Morgan fingerprint density at radius 1 is 0.862 bits per heavy atom. The van der Waals surface area contributed by atoms with E-state index in [4.69, 9.17) is 31.3 Å². The van der Waals surface area contributed by atoms with Crippen LogP contribution in [0.1, 0.15) is 47.4 Å². The molecule has 2 aromatic carbocycles. The first-order valence-electron chi connectivity index (χ1n) is 9.04. The van der Waals surface area contributed by atoms with E-state index in [1.54, 1.807) is 18.2 Å². The van der Waals surface area contributed by atoms with Gasteiger partial charge in [-0.1, -0.05) is 26.0 Å². The molecule has 0 heterocycles. The number of hydrogen-bond acceptors (Lipinski definition) is 7. The number of halogens is 1. The van der Waals surface area contributed by atoms with Gasteiger partial charge in [0.15, 0.2) is 0 Å². The molecule has 0 saturated heterocycles. The molecule has 0 aromatic heterocycles. The third kappa shape index (κ3) is 7.19. The maximum absolute atomic E-state index is 11.4. The molecule has 2 aromatic rings. The Balaban J connectivity index is 0.000000308. The van der Waals surface area contributed by atoms with E-state index >= 15 is 0 Å². The van der Waals surface area contributed by atoms with Crippen molar-refractivity contribution in [3.05, 3.63) is 47.5 Å². The molecule has 2 N–H and O–H groups in total. The number of carbonyl (C=O) groups excluding carboxylic acids is 2. The standard InChI is InChI=1S/C13H17ClO3.C8H8O4/c1-3-8-16-10-6-5-7-11(17-9-4-2)12(10)13(14)15;1-12-8(11)7-5(9)3-2-4-6(7)10/h5-7H,3-4,8-9H2,1-2H3;2-4,9-10H,1H3. The number of rotatable bonds is 8. The summed E-state index contributed by atoms with van der Waals surface area (Å²) in [5, 5.41) is 17.7. The fourth-order valence-corrected chi connectivity index (χ4v) is 2.40. The Morgan fingerprint density at radius 3 is 1.69 bits per heavy atom. The lowest BCUT2D eigenvalue weighted by Gasteiger charge is -2.13. The number of phenolic OH excluding ortho intramolecular Hbond substituents is 2. The summed E-state index contributed by atoms with van der Waals surface area (Å²) in [7, 11) is 1.17. The monoisotopic (exact) mass is 424 g/mol. The van der Waals surface area contributed by atoms with Gasteiger partial charge in [0, 0.05) is 0 Å². The van der Waals surface area contributed by atoms with Crippen molar-refractivity contribution in [3.63, 3.8) is 0 Å². The lowest BCUT2D eigenvalue weighted by Crippen LogP contribution is -2.05. The summed E-state index contributed by atoms with van der Waals surface area (Å²) in [4.78, 5) is 22.3. The molecule has 0 unspecified atom stereocenters. The lowest BCUT2D eigenvalue weighted by molar-refractivity contribution is 0.0594. The minimum absolute atomic E-state index is 0.208. The molecule has 0 fully saturated rings. The number of phenols is 2. The highest BCUT2D eigenvalue weighted by molar-refractivity contribution is 6.68. The van der Waals surface area contributed by atoms with Crippen LogP contribution in [0.15, 0.2) is 36.4 Å². The normalized spacial score (nSPS) is 9.79. The van der Waals surface area contributed by atoms with Crippen LogP contribution in [0, 0.1) is 0 Å². The molecule has 0 aliphatic carbocycles. The van der Waals surface area contributed by atoms with E-state index in [1.807, 2.05) is 13.8 Å². The second-order valence-electron chi connectivity index (χ2n) is 5.76. The smallest absolute Gasteiger partial charge is 0.345 e. The Kier molecular flexibility index (Phi) is 10.4. The van der Waals surface area contributed by atoms with E-state index in [1.165, 1.54) is 25.3 Å². The second-order valence-corrected chi connectivity index (χ2v) is 6.11. The number of hydrogen-bond donors (Lipinski definition) is 2. The predicted molar refractivity (Wildman–Crippen MR) is 109 cm³/mol. The summed E-state index contributed by atoms with van der Waals surface area (Å²) in [6.45, 7) is 5.10. The molecule has 0 radical (unpaired) electrons. The summed E-state index contributed by atoms with van der Waals surface area (Å²) >= 11 is 5.57. The Bertz CT molecular complexity index is 774. The van der Waals surface area contributed by atoms with Gasteiger partial charge in [-0.05, 0) is 48.7 Å². The van der Waals surface area contributed by atoms with E-state index in [-0.39, 0.29) is 17.1 Å². The first-order valence-corrected chi connectivity index (χ1v) is 9.42. The van der Waals surface area contributed by atoms with E-state index < -0.39 is 11.2 Å². The van der Waals surface area contributed by atoms with Gasteiger partial charge in [0.05, 0.1) is 20.3 Å². The van der Waals surface area contributed by atoms with Crippen molar-refractivity contribution >= 4 is 22.8 Å². The first-order chi connectivity index (χ1) is 13.9. The molecule has 0 atom stereocenters. The highest BCUT2D eigenvalue weighted by Crippen LogP contribution is 2.30. The lowest BCUT2D eigenvalue weighted by atomic mass is 10.2. The highest BCUT2D eigenvalue weighted by atomic mass is 35.5. The van der Waals surface area contributed by atoms with Gasteiger partial charge in [0.1, 0.15) is 34.1 Å². The number of ether oxygens (including phenoxy) is 3. The van der Waals surface area contributed by atoms with Crippen LogP contribution in [0.3, 0.4) is 0 Å². The summed E-state index contributed by atoms with van der Waals surface area (Å²) in [5.74, 6) is -0.366. The number of benzene rings is 2. The van der Waals surface area contributed by atoms with Gasteiger partial charge >= 0.3 is 5.97 Å². The third-order valence-corrected chi connectivity index (χ3v) is 3.71. The summed E-state index contributed by atoms with van der Waals surface area (Å²) in [6, 6.07) is 9.27. The maximum Gasteiger partial charge on any atom is 0.345 e. The summed E-state index contributed by atoms with van der Waals surface area (Å²) < 4.78 is 15.3. The van der Waals surface area contributed by atoms with Gasteiger partial charge in [-0.2, -0.15) is 0 Å². The molecule has 0 aliphatic heterocycles. The van der Waals surface area contributed by atoms with E-state index in [2.05, 4.69) is 4.74 Å². The molecule has 0 bridgehead atoms. The predicted octanol–water partition coefficient (Wildman–Crippen LogP) is 4.53. The number of methoxy groups -OCH3 is 1. The van der Waals surface area contributed by atoms with Crippen LogP contribution in [0.25, 0.3) is 0 Å². The molecular formula is C21H25ClO7. The zero-order valence-electron chi connectivity index (χ0n) is 16.6. The Labute approximate surface area is 174 Å². The van der Waals surface area contributed by atoms with Gasteiger partial charge in [-0.25, -0.2) is 4.79 Å². The average Bonchev–Trinajstić information content (AvgIpc) is 2.70. The van der Waals surface area contributed by atoms with Crippen molar-refractivity contribution in [2.24, 2.45) is 0 Å². The molecule has 2 rings (SSSR count). The van der Waals surface area contributed by atoms with Crippen LogP contribution >= 0.6 is 11.6 Å². The van der Waals surface area contributed by atoms with Gasteiger partial charge < -0.3 is 24.4 Å². The topological polar surface area (TPSA) is 102 Å². The summed E-state index contributed by atoms with van der Waals surface area (Å²) in [6.07, 6.45) is 1.74. The minimum atomic E-state index is -0.759. The fourth-order valence-electron chi connectivity index (χ4n) is 2.21. The van der Waals surface area contributed by atoms with E-state index in [0.29, 0.717) is 30.3 Å². The molecular weight excluding hydrogens is 400 g/mol. The van der Waals surface area contributed by atoms with Gasteiger partial charge in [0.25, 0.3) is 5.24 Å². The molecule has 0 saturated carbocycles. The Hall–Kier alpha value is -2.93. The largest absolute Gasteiger partial charge is 0.507 e. The molecule has 0 amide bonds. The van der Waals surface area contributed by atoms with Crippen molar-refractivity contribution < 1.29 is 34.0 Å². The fraction of sp³-hybridized carbons (Fsp3) is 0.333. The first kappa shape index (κ1) is 24.1. The number of aromatic hydroxyl groups is 2. The Morgan fingerprint density at radius 2 is 1.31 bits per heavy atom. The molecule has 8 heteroatoms. The maximum atomic E-state index is 11.4. The van der Waals surface area contributed by atoms with Crippen molar-refractivity contribution in [2.45, 2.75) is 26.7 Å². The molecule has 7 nitrogen and oxygen atoms in total. The SMILES string of the molecule is CCCOc1cccc(OCCC)c1C(=O)Cl.COC(=O)c1c(O)cccc1O. The number of esters is 1. The zero-order chi connectivity index (χ0) is 21.8. The van der Waals surface area contributed by atoms with Crippen LogP contribution in [-0.2, 0) is 4.74 Å².